The Morgan fingerprint density at radius 2 is 1.95 bits per heavy atom. The van der Waals surface area contributed by atoms with Crippen LogP contribution in [0.5, 0.6) is 0 Å². The third kappa shape index (κ3) is 5.21. The average Bonchev–Trinajstić information content (AvgIpc) is 2.29. The molecule has 3 nitrogen and oxygen atoms in total. The lowest BCUT2D eigenvalue weighted by molar-refractivity contribution is -0.138. The van der Waals surface area contributed by atoms with E-state index >= 15 is 0 Å². The maximum absolute atomic E-state index is 12.7. The number of amides is 1. The van der Waals surface area contributed by atoms with Gasteiger partial charge < -0.3 is 10.6 Å². The van der Waals surface area contributed by atoms with Crippen LogP contribution in [0, 0.1) is 6.92 Å². The zero-order chi connectivity index (χ0) is 15.3. The maximum Gasteiger partial charge on any atom is 0.416 e. The van der Waals surface area contributed by atoms with Crippen molar-refractivity contribution >= 4 is 11.6 Å². The van der Waals surface area contributed by atoms with Gasteiger partial charge in [-0.1, -0.05) is 19.9 Å². The molecular weight excluding hydrogens is 269 g/mol. The number of anilines is 1. The fraction of sp³-hybridized carbons (Fsp3) is 0.500. The molecule has 0 aliphatic carbocycles. The Morgan fingerprint density at radius 3 is 2.50 bits per heavy atom. The molecule has 0 radical (unpaired) electrons. The summed E-state index contributed by atoms with van der Waals surface area (Å²) in [4.78, 5) is 11.6. The lowest BCUT2D eigenvalue weighted by Gasteiger charge is -2.13. The van der Waals surface area contributed by atoms with Crippen molar-refractivity contribution in [2.75, 3.05) is 11.9 Å². The summed E-state index contributed by atoms with van der Waals surface area (Å²) in [6, 6.07) is 4.05. The van der Waals surface area contributed by atoms with E-state index in [1.54, 1.807) is 0 Å². The standard InChI is InChI=1S/C14H19F3N2O/c1-9(2)18-7-6-13(20)19-11-5-4-10(3)12(8-11)14(15,16)17/h4-5,8-9,18H,6-7H2,1-3H3,(H,19,20). The Bertz CT molecular complexity index is 470. The van der Waals surface area contributed by atoms with Gasteiger partial charge in [0.05, 0.1) is 5.56 Å². The largest absolute Gasteiger partial charge is 0.416 e. The smallest absolute Gasteiger partial charge is 0.326 e. The average molecular weight is 288 g/mol. The van der Waals surface area contributed by atoms with Gasteiger partial charge in [0, 0.05) is 24.7 Å². The van der Waals surface area contributed by atoms with Crippen LogP contribution in [-0.4, -0.2) is 18.5 Å². The minimum Gasteiger partial charge on any atom is -0.326 e. The van der Waals surface area contributed by atoms with Gasteiger partial charge in [0.2, 0.25) is 5.91 Å². The quantitative estimate of drug-likeness (QED) is 0.872. The summed E-state index contributed by atoms with van der Waals surface area (Å²) in [5.74, 6) is -0.310. The van der Waals surface area contributed by atoms with Crippen LogP contribution in [0.25, 0.3) is 0 Å². The van der Waals surface area contributed by atoms with E-state index in [0.29, 0.717) is 6.54 Å². The van der Waals surface area contributed by atoms with Crippen LogP contribution in [-0.2, 0) is 11.0 Å². The highest BCUT2D eigenvalue weighted by atomic mass is 19.4. The van der Waals surface area contributed by atoms with Gasteiger partial charge in [0.15, 0.2) is 0 Å². The van der Waals surface area contributed by atoms with Crippen LogP contribution >= 0.6 is 0 Å². The number of benzene rings is 1. The molecule has 20 heavy (non-hydrogen) atoms. The first-order valence-electron chi connectivity index (χ1n) is 6.41. The van der Waals surface area contributed by atoms with E-state index in [9.17, 15) is 18.0 Å². The highest BCUT2D eigenvalue weighted by molar-refractivity contribution is 5.90. The lowest BCUT2D eigenvalue weighted by atomic mass is 10.1. The van der Waals surface area contributed by atoms with Crippen molar-refractivity contribution in [1.82, 2.24) is 5.32 Å². The Kier molecular flexibility index (Phi) is 5.56. The lowest BCUT2D eigenvalue weighted by Crippen LogP contribution is -2.27. The summed E-state index contributed by atoms with van der Waals surface area (Å²) in [7, 11) is 0. The van der Waals surface area contributed by atoms with E-state index in [1.165, 1.54) is 19.1 Å². The molecule has 0 bridgehead atoms. The fourth-order valence-electron chi connectivity index (χ4n) is 1.70. The summed E-state index contributed by atoms with van der Waals surface area (Å²) in [5.41, 5.74) is -0.426. The third-order valence-electron chi connectivity index (χ3n) is 2.73. The van der Waals surface area contributed by atoms with Crippen LogP contribution in [0.15, 0.2) is 18.2 Å². The summed E-state index contributed by atoms with van der Waals surface area (Å²) in [6.45, 7) is 5.78. The first kappa shape index (κ1) is 16.5. The Hall–Kier alpha value is -1.56. The molecule has 0 heterocycles. The minimum absolute atomic E-state index is 0.136. The van der Waals surface area contributed by atoms with E-state index in [1.807, 2.05) is 13.8 Å². The molecule has 0 atom stereocenters. The molecule has 0 saturated heterocycles. The Balaban J connectivity index is 2.67. The highest BCUT2D eigenvalue weighted by Gasteiger charge is 2.32. The van der Waals surface area contributed by atoms with Gasteiger partial charge in [-0.05, 0) is 24.6 Å². The Labute approximate surface area is 116 Å². The molecule has 1 amide bonds. The van der Waals surface area contributed by atoms with Crippen LogP contribution < -0.4 is 10.6 Å². The summed E-state index contributed by atoms with van der Waals surface area (Å²) in [5, 5.41) is 5.54. The summed E-state index contributed by atoms with van der Waals surface area (Å²) >= 11 is 0. The van der Waals surface area contributed by atoms with Gasteiger partial charge in [-0.15, -0.1) is 0 Å². The van der Waals surface area contributed by atoms with Gasteiger partial charge in [0.1, 0.15) is 0 Å². The number of alkyl halides is 3. The molecule has 112 valence electrons. The number of rotatable bonds is 5. The van der Waals surface area contributed by atoms with Crippen molar-refractivity contribution in [3.63, 3.8) is 0 Å². The Morgan fingerprint density at radius 1 is 1.30 bits per heavy atom. The zero-order valence-electron chi connectivity index (χ0n) is 11.8. The molecule has 1 aromatic carbocycles. The molecule has 0 spiro atoms. The molecule has 1 aromatic rings. The number of hydrogen-bond donors (Lipinski definition) is 2. The minimum atomic E-state index is -4.41. The van der Waals surface area contributed by atoms with Crippen LogP contribution in [0.4, 0.5) is 18.9 Å². The second-order valence-electron chi connectivity index (χ2n) is 4.93. The van der Waals surface area contributed by atoms with Crippen molar-refractivity contribution in [2.24, 2.45) is 0 Å². The van der Waals surface area contributed by atoms with Crippen molar-refractivity contribution in [2.45, 2.75) is 39.4 Å². The third-order valence-corrected chi connectivity index (χ3v) is 2.73. The van der Waals surface area contributed by atoms with E-state index in [2.05, 4.69) is 10.6 Å². The van der Waals surface area contributed by atoms with Crippen molar-refractivity contribution in [3.05, 3.63) is 29.3 Å². The molecule has 1 rings (SSSR count). The summed E-state index contributed by atoms with van der Waals surface area (Å²) in [6.07, 6.45) is -4.20. The first-order valence-corrected chi connectivity index (χ1v) is 6.41. The van der Waals surface area contributed by atoms with Crippen LogP contribution in [0.1, 0.15) is 31.4 Å². The predicted molar refractivity (Wildman–Crippen MR) is 72.6 cm³/mol. The van der Waals surface area contributed by atoms with Gasteiger partial charge >= 0.3 is 6.18 Å². The number of nitrogens with one attached hydrogen (secondary N) is 2. The highest BCUT2D eigenvalue weighted by Crippen LogP contribution is 2.33. The number of aryl methyl sites for hydroxylation is 1. The zero-order valence-corrected chi connectivity index (χ0v) is 11.8. The summed E-state index contributed by atoms with van der Waals surface area (Å²) < 4.78 is 38.2. The normalized spacial score (nSPS) is 11.8. The molecule has 0 unspecified atom stereocenters. The number of carbonyl (C=O) groups is 1. The molecular formula is C14H19F3N2O. The second-order valence-corrected chi connectivity index (χ2v) is 4.93. The molecule has 6 heteroatoms. The first-order chi connectivity index (χ1) is 9.20. The fourth-order valence-corrected chi connectivity index (χ4v) is 1.70. The van der Waals surface area contributed by atoms with E-state index in [-0.39, 0.29) is 29.6 Å². The molecule has 0 fully saturated rings. The van der Waals surface area contributed by atoms with Crippen molar-refractivity contribution < 1.29 is 18.0 Å². The molecule has 0 saturated carbocycles. The van der Waals surface area contributed by atoms with Gasteiger partial charge in [-0.3, -0.25) is 4.79 Å². The van der Waals surface area contributed by atoms with Crippen LogP contribution in [0.3, 0.4) is 0 Å². The monoisotopic (exact) mass is 288 g/mol. The maximum atomic E-state index is 12.7. The number of halogens is 3. The van der Waals surface area contributed by atoms with E-state index in [4.69, 9.17) is 0 Å². The molecule has 2 N–H and O–H groups in total. The topological polar surface area (TPSA) is 41.1 Å². The van der Waals surface area contributed by atoms with Crippen molar-refractivity contribution in [3.8, 4) is 0 Å². The molecule has 0 aromatic heterocycles. The van der Waals surface area contributed by atoms with Gasteiger partial charge in [-0.2, -0.15) is 13.2 Å². The SMILES string of the molecule is Cc1ccc(NC(=O)CCNC(C)C)cc1C(F)(F)F. The van der Waals surface area contributed by atoms with E-state index < -0.39 is 11.7 Å². The van der Waals surface area contributed by atoms with E-state index in [0.717, 1.165) is 6.07 Å². The number of carbonyl (C=O) groups excluding carboxylic acids is 1. The number of hydrogen-bond acceptors (Lipinski definition) is 2. The van der Waals surface area contributed by atoms with Gasteiger partial charge in [-0.25, -0.2) is 0 Å². The van der Waals surface area contributed by atoms with Crippen molar-refractivity contribution in [1.29, 1.82) is 0 Å². The van der Waals surface area contributed by atoms with Crippen LogP contribution in [0.2, 0.25) is 0 Å². The molecule has 0 aliphatic rings. The molecule has 0 aliphatic heterocycles. The second kappa shape index (κ2) is 6.74. The predicted octanol–water partition coefficient (Wildman–Crippen LogP) is 3.34. The van der Waals surface area contributed by atoms with Gasteiger partial charge in [0.25, 0.3) is 0 Å².